The van der Waals surface area contributed by atoms with Crippen LogP contribution in [0.1, 0.15) is 11.1 Å². The molecule has 140 valence electrons. The second-order valence-electron chi connectivity index (χ2n) is 6.51. The van der Waals surface area contributed by atoms with E-state index in [1.54, 1.807) is 31.0 Å². The molecule has 0 amide bonds. The average Bonchev–Trinajstić information content (AvgIpc) is 2.73. The summed E-state index contributed by atoms with van der Waals surface area (Å²) in [4.78, 5) is 0. The van der Waals surface area contributed by atoms with Crippen molar-refractivity contribution in [2.45, 2.75) is 17.7 Å². The minimum Gasteiger partial charge on any atom is -0.496 e. The van der Waals surface area contributed by atoms with E-state index in [4.69, 9.17) is 4.74 Å². The molecule has 0 radical (unpaired) electrons. The van der Waals surface area contributed by atoms with Gasteiger partial charge in [0.05, 0.1) is 7.11 Å². The van der Waals surface area contributed by atoms with Gasteiger partial charge in [0.2, 0.25) is 0 Å². The predicted octanol–water partition coefficient (Wildman–Crippen LogP) is 6.05. The maximum Gasteiger partial charge on any atom is 0.127 e. The molecule has 3 aromatic carbocycles. The van der Waals surface area contributed by atoms with Gasteiger partial charge in [-0.05, 0) is 37.3 Å². The van der Waals surface area contributed by atoms with Gasteiger partial charge in [0.15, 0.2) is 0 Å². The molecule has 0 aliphatic heterocycles. The Kier molecular flexibility index (Phi) is 5.26. The largest absolute Gasteiger partial charge is 0.496 e. The second kappa shape index (κ2) is 7.98. The molecule has 0 saturated carbocycles. The third-order valence-electron chi connectivity index (χ3n) is 4.57. The van der Waals surface area contributed by atoms with Crippen molar-refractivity contribution in [2.75, 3.05) is 7.11 Å². The van der Waals surface area contributed by atoms with Crippen LogP contribution in [0.15, 0.2) is 71.8 Å². The van der Waals surface area contributed by atoms with Crippen LogP contribution in [0.25, 0.3) is 22.0 Å². The molecule has 0 aliphatic rings. The molecule has 4 rings (SSSR count). The van der Waals surface area contributed by atoms with Crippen LogP contribution >= 0.6 is 11.8 Å². The number of benzene rings is 3. The maximum atomic E-state index is 13.3. The lowest BCUT2D eigenvalue weighted by atomic mass is 10.1. The summed E-state index contributed by atoms with van der Waals surface area (Å²) >= 11 is 1.63. The molecule has 0 spiro atoms. The highest BCUT2D eigenvalue weighted by Crippen LogP contribution is 2.34. The summed E-state index contributed by atoms with van der Waals surface area (Å²) in [6.07, 6.45) is 0. The summed E-state index contributed by atoms with van der Waals surface area (Å²) in [5, 5.41) is 11.8. The van der Waals surface area contributed by atoms with E-state index in [0.29, 0.717) is 0 Å². The van der Waals surface area contributed by atoms with Crippen LogP contribution in [0, 0.1) is 12.7 Å². The van der Waals surface area contributed by atoms with Gasteiger partial charge in [-0.3, -0.25) is 0 Å². The van der Waals surface area contributed by atoms with Crippen molar-refractivity contribution >= 4 is 22.5 Å². The molecular weight excluding hydrogens is 371 g/mol. The number of fused-ring (bicyclic) bond motifs is 1. The van der Waals surface area contributed by atoms with Crippen LogP contribution in [-0.2, 0) is 5.75 Å². The summed E-state index contributed by atoms with van der Waals surface area (Å²) in [5.74, 6) is 1.35. The average molecular weight is 390 g/mol. The Balaban J connectivity index is 1.71. The Morgan fingerprint density at radius 2 is 1.68 bits per heavy atom. The summed E-state index contributed by atoms with van der Waals surface area (Å²) in [6, 6.07) is 20.6. The van der Waals surface area contributed by atoms with Gasteiger partial charge >= 0.3 is 0 Å². The van der Waals surface area contributed by atoms with Crippen LogP contribution in [0.5, 0.6) is 5.75 Å². The molecular formula is C23H19FN2OS. The summed E-state index contributed by atoms with van der Waals surface area (Å²) in [6.45, 7) is 2.07. The molecule has 0 aliphatic carbocycles. The SMILES string of the molecule is COc1ccc(C)cc1CSc1nnc(-c2ccc(F)cc2)c2ccccc12. The molecule has 4 aromatic rings. The fraction of sp³-hybridized carbons (Fsp3) is 0.130. The molecule has 5 heteroatoms. The molecule has 0 atom stereocenters. The Labute approximate surface area is 167 Å². The summed E-state index contributed by atoms with van der Waals surface area (Å²) in [7, 11) is 1.69. The van der Waals surface area contributed by atoms with Crippen LogP contribution < -0.4 is 4.74 Å². The van der Waals surface area contributed by atoms with Crippen molar-refractivity contribution in [1.82, 2.24) is 10.2 Å². The molecule has 3 nitrogen and oxygen atoms in total. The number of methoxy groups -OCH3 is 1. The molecule has 28 heavy (non-hydrogen) atoms. The van der Waals surface area contributed by atoms with Crippen LogP contribution in [0.4, 0.5) is 4.39 Å². The van der Waals surface area contributed by atoms with Crippen LogP contribution in [0.3, 0.4) is 0 Å². The minimum absolute atomic E-state index is 0.264. The van der Waals surface area contributed by atoms with Crippen molar-refractivity contribution < 1.29 is 9.13 Å². The van der Waals surface area contributed by atoms with Crippen LogP contribution in [-0.4, -0.2) is 17.3 Å². The quantitative estimate of drug-likeness (QED) is 0.389. The van der Waals surface area contributed by atoms with E-state index in [-0.39, 0.29) is 5.82 Å². The van der Waals surface area contributed by atoms with Gasteiger partial charge in [0, 0.05) is 27.7 Å². The van der Waals surface area contributed by atoms with Gasteiger partial charge in [-0.25, -0.2) is 4.39 Å². The molecule has 0 bridgehead atoms. The fourth-order valence-electron chi connectivity index (χ4n) is 3.17. The lowest BCUT2D eigenvalue weighted by Gasteiger charge is -2.11. The van der Waals surface area contributed by atoms with Gasteiger partial charge < -0.3 is 4.74 Å². The first-order valence-corrected chi connectivity index (χ1v) is 9.92. The number of hydrogen-bond donors (Lipinski definition) is 0. The van der Waals surface area contributed by atoms with E-state index < -0.39 is 0 Å². The number of thioether (sulfide) groups is 1. The van der Waals surface area contributed by atoms with Crippen LogP contribution in [0.2, 0.25) is 0 Å². The van der Waals surface area contributed by atoms with Crippen molar-refractivity contribution in [3.8, 4) is 17.0 Å². The normalized spacial score (nSPS) is 11.0. The highest BCUT2D eigenvalue weighted by Gasteiger charge is 2.13. The van der Waals surface area contributed by atoms with Gasteiger partial charge in [0.1, 0.15) is 22.3 Å². The highest BCUT2D eigenvalue weighted by atomic mass is 32.2. The summed E-state index contributed by atoms with van der Waals surface area (Å²) in [5.41, 5.74) is 3.93. The Hall–Kier alpha value is -2.92. The predicted molar refractivity (Wildman–Crippen MR) is 112 cm³/mol. The second-order valence-corrected chi connectivity index (χ2v) is 7.47. The van der Waals surface area contributed by atoms with E-state index >= 15 is 0 Å². The van der Waals surface area contributed by atoms with Crippen molar-refractivity contribution in [1.29, 1.82) is 0 Å². The van der Waals surface area contributed by atoms with E-state index in [9.17, 15) is 4.39 Å². The number of nitrogens with zero attached hydrogens (tertiary/aromatic N) is 2. The standard InChI is InChI=1S/C23H19FN2OS/c1-15-7-12-21(27-2)17(13-15)14-28-23-20-6-4-3-5-19(20)22(25-26-23)16-8-10-18(24)11-9-16/h3-13H,14H2,1-2H3. The number of halogens is 1. The van der Waals surface area contributed by atoms with E-state index in [1.807, 2.05) is 36.4 Å². The molecule has 1 aromatic heterocycles. The topological polar surface area (TPSA) is 35.0 Å². The van der Waals surface area contributed by atoms with Crippen molar-refractivity contribution in [3.63, 3.8) is 0 Å². The Bertz CT molecular complexity index is 1130. The van der Waals surface area contributed by atoms with Gasteiger partial charge in [0.25, 0.3) is 0 Å². The molecule has 0 saturated heterocycles. The van der Waals surface area contributed by atoms with Crippen molar-refractivity contribution in [2.24, 2.45) is 0 Å². The lowest BCUT2D eigenvalue weighted by Crippen LogP contribution is -1.95. The zero-order chi connectivity index (χ0) is 19.5. The van der Waals surface area contributed by atoms with Crippen molar-refractivity contribution in [3.05, 3.63) is 83.7 Å². The molecule has 0 N–H and O–H groups in total. The Morgan fingerprint density at radius 1 is 0.929 bits per heavy atom. The number of rotatable bonds is 5. The monoisotopic (exact) mass is 390 g/mol. The zero-order valence-electron chi connectivity index (χ0n) is 15.6. The minimum atomic E-state index is -0.264. The third kappa shape index (κ3) is 3.71. The molecule has 1 heterocycles. The number of ether oxygens (including phenoxy) is 1. The maximum absolute atomic E-state index is 13.3. The number of hydrogen-bond acceptors (Lipinski definition) is 4. The first kappa shape index (κ1) is 18.4. The van der Waals surface area contributed by atoms with E-state index in [1.165, 1.54) is 17.7 Å². The smallest absolute Gasteiger partial charge is 0.127 e. The first-order chi connectivity index (χ1) is 13.7. The molecule has 0 fully saturated rings. The lowest BCUT2D eigenvalue weighted by molar-refractivity contribution is 0.411. The Morgan fingerprint density at radius 3 is 2.43 bits per heavy atom. The fourth-order valence-corrected chi connectivity index (χ4v) is 4.12. The van der Waals surface area contributed by atoms with Gasteiger partial charge in [-0.15, -0.1) is 10.2 Å². The van der Waals surface area contributed by atoms with E-state index in [2.05, 4.69) is 23.2 Å². The number of aromatic nitrogens is 2. The summed E-state index contributed by atoms with van der Waals surface area (Å²) < 4.78 is 18.8. The highest BCUT2D eigenvalue weighted by molar-refractivity contribution is 7.98. The zero-order valence-corrected chi connectivity index (χ0v) is 16.5. The van der Waals surface area contributed by atoms with Gasteiger partial charge in [-0.1, -0.05) is 53.7 Å². The number of aryl methyl sites for hydroxylation is 1. The van der Waals surface area contributed by atoms with E-state index in [0.717, 1.165) is 44.1 Å². The molecule has 0 unspecified atom stereocenters. The van der Waals surface area contributed by atoms with Gasteiger partial charge in [-0.2, -0.15) is 0 Å². The first-order valence-electron chi connectivity index (χ1n) is 8.93. The third-order valence-corrected chi connectivity index (χ3v) is 5.60.